The maximum absolute atomic E-state index is 11.7. The molecule has 2 N–H and O–H groups in total. The van der Waals surface area contributed by atoms with Crippen molar-refractivity contribution >= 4 is 5.91 Å². The van der Waals surface area contributed by atoms with Gasteiger partial charge in [0.15, 0.2) is 0 Å². The quantitative estimate of drug-likeness (QED) is 0.696. The number of nitrogens with zero attached hydrogens (tertiary/aromatic N) is 1. The second-order valence-corrected chi connectivity index (χ2v) is 5.48. The van der Waals surface area contributed by atoms with E-state index in [1.165, 1.54) is 0 Å². The third-order valence-electron chi connectivity index (χ3n) is 3.24. The lowest BCUT2D eigenvalue weighted by Crippen LogP contribution is -2.39. The zero-order valence-corrected chi connectivity index (χ0v) is 11.3. The van der Waals surface area contributed by atoms with E-state index in [1.807, 2.05) is 0 Å². The minimum absolute atomic E-state index is 0.194. The number of rotatable bonds is 7. The van der Waals surface area contributed by atoms with Gasteiger partial charge >= 0.3 is 0 Å². The number of amides is 1. The molecule has 1 aliphatic rings. The minimum atomic E-state index is -0.451. The fraction of sp³-hybridized carbons (Fsp3) is 0.923. The largest absolute Gasteiger partial charge is 0.390 e. The first-order chi connectivity index (χ1) is 8.02. The zero-order chi connectivity index (χ0) is 12.8. The van der Waals surface area contributed by atoms with Gasteiger partial charge in [0.2, 0.25) is 5.91 Å². The Labute approximate surface area is 104 Å². The van der Waals surface area contributed by atoms with E-state index >= 15 is 0 Å². The molecule has 17 heavy (non-hydrogen) atoms. The molecule has 0 saturated carbocycles. The Morgan fingerprint density at radius 2 is 2.18 bits per heavy atom. The smallest absolute Gasteiger partial charge is 0.223 e. The molecular weight excluding hydrogens is 216 g/mol. The zero-order valence-electron chi connectivity index (χ0n) is 11.3. The van der Waals surface area contributed by atoms with Crippen molar-refractivity contribution < 1.29 is 9.90 Å². The van der Waals surface area contributed by atoms with Crippen molar-refractivity contribution in [3.8, 4) is 0 Å². The molecule has 100 valence electrons. The number of likely N-dealkylation sites (tertiary alicyclic amines) is 1. The number of hydrogen-bond donors (Lipinski definition) is 2. The van der Waals surface area contributed by atoms with Crippen LogP contribution in [-0.4, -0.2) is 48.2 Å². The minimum Gasteiger partial charge on any atom is -0.390 e. The molecule has 4 nitrogen and oxygen atoms in total. The number of carbonyl (C=O) groups is 1. The van der Waals surface area contributed by atoms with Gasteiger partial charge in [-0.15, -0.1) is 0 Å². The second kappa shape index (κ2) is 6.97. The van der Waals surface area contributed by atoms with Gasteiger partial charge in [-0.25, -0.2) is 0 Å². The molecule has 0 bridgehead atoms. The Kier molecular flexibility index (Phi) is 5.92. The van der Waals surface area contributed by atoms with Crippen LogP contribution in [0.5, 0.6) is 0 Å². The first-order valence-corrected chi connectivity index (χ1v) is 6.69. The maximum Gasteiger partial charge on any atom is 0.223 e. The van der Waals surface area contributed by atoms with Crippen LogP contribution >= 0.6 is 0 Å². The third kappa shape index (κ3) is 5.04. The summed E-state index contributed by atoms with van der Waals surface area (Å²) in [6.07, 6.45) is 1.25. The highest BCUT2D eigenvalue weighted by atomic mass is 16.3. The molecule has 0 aliphatic carbocycles. The molecule has 0 spiro atoms. The number of aliphatic hydroxyl groups is 1. The molecule has 1 heterocycles. The average Bonchev–Trinajstić information content (AvgIpc) is 2.59. The van der Waals surface area contributed by atoms with Crippen molar-refractivity contribution in [2.75, 3.05) is 26.2 Å². The summed E-state index contributed by atoms with van der Waals surface area (Å²) < 4.78 is 0. The molecule has 4 heteroatoms. The van der Waals surface area contributed by atoms with E-state index in [4.69, 9.17) is 0 Å². The molecule has 2 atom stereocenters. The van der Waals surface area contributed by atoms with E-state index < -0.39 is 6.10 Å². The predicted octanol–water partition coefficient (Wildman–Crippen LogP) is 0.851. The molecule has 2 unspecified atom stereocenters. The van der Waals surface area contributed by atoms with Crippen LogP contribution in [0.4, 0.5) is 0 Å². The lowest BCUT2D eigenvalue weighted by molar-refractivity contribution is -0.128. The number of hydrogen-bond acceptors (Lipinski definition) is 3. The van der Waals surface area contributed by atoms with Gasteiger partial charge in [-0.05, 0) is 18.4 Å². The molecular formula is C13H26N2O2. The molecule has 0 aromatic carbocycles. The SMILES string of the molecule is CCC1CC(=O)N(CC(O)CNCC(C)C)C1. The van der Waals surface area contributed by atoms with Gasteiger partial charge in [-0.3, -0.25) is 4.79 Å². The number of β-amino-alcohol motifs (C(OH)–C–C–N with tert-alkyl or cyclic N) is 1. The van der Waals surface area contributed by atoms with Crippen LogP contribution in [-0.2, 0) is 4.79 Å². The third-order valence-corrected chi connectivity index (χ3v) is 3.24. The molecule has 1 saturated heterocycles. The summed E-state index contributed by atoms with van der Waals surface area (Å²) in [5, 5.41) is 13.1. The van der Waals surface area contributed by atoms with Crippen molar-refractivity contribution in [1.82, 2.24) is 10.2 Å². The molecule has 0 aromatic rings. The lowest BCUT2D eigenvalue weighted by atomic mass is 10.1. The van der Waals surface area contributed by atoms with Crippen molar-refractivity contribution in [3.05, 3.63) is 0 Å². The van der Waals surface area contributed by atoms with Crippen molar-refractivity contribution in [2.24, 2.45) is 11.8 Å². The van der Waals surface area contributed by atoms with Gasteiger partial charge < -0.3 is 15.3 Å². The number of aliphatic hydroxyl groups excluding tert-OH is 1. The molecule has 1 aliphatic heterocycles. The van der Waals surface area contributed by atoms with Crippen molar-refractivity contribution in [1.29, 1.82) is 0 Å². The van der Waals surface area contributed by atoms with Gasteiger partial charge in [0.05, 0.1) is 6.10 Å². The van der Waals surface area contributed by atoms with Crippen LogP contribution < -0.4 is 5.32 Å². The topological polar surface area (TPSA) is 52.6 Å². The first-order valence-electron chi connectivity index (χ1n) is 6.69. The van der Waals surface area contributed by atoms with E-state index in [-0.39, 0.29) is 5.91 Å². The van der Waals surface area contributed by atoms with Crippen LogP contribution in [0.15, 0.2) is 0 Å². The van der Waals surface area contributed by atoms with E-state index in [0.717, 1.165) is 19.5 Å². The Morgan fingerprint density at radius 1 is 1.47 bits per heavy atom. The van der Waals surface area contributed by atoms with Gasteiger partial charge in [0.1, 0.15) is 0 Å². The summed E-state index contributed by atoms with van der Waals surface area (Å²) in [4.78, 5) is 13.5. The van der Waals surface area contributed by atoms with Gasteiger partial charge in [-0.2, -0.15) is 0 Å². The maximum atomic E-state index is 11.7. The predicted molar refractivity (Wildman–Crippen MR) is 68.7 cm³/mol. The van der Waals surface area contributed by atoms with E-state index in [1.54, 1.807) is 4.90 Å². The fourth-order valence-electron chi connectivity index (χ4n) is 2.16. The molecule has 1 rings (SSSR count). The van der Waals surface area contributed by atoms with E-state index in [0.29, 0.717) is 31.3 Å². The lowest BCUT2D eigenvalue weighted by Gasteiger charge is -2.21. The van der Waals surface area contributed by atoms with Crippen LogP contribution in [0.1, 0.15) is 33.6 Å². The van der Waals surface area contributed by atoms with E-state index in [9.17, 15) is 9.90 Å². The van der Waals surface area contributed by atoms with Crippen LogP contribution in [0.25, 0.3) is 0 Å². The summed E-state index contributed by atoms with van der Waals surface area (Å²) in [5.41, 5.74) is 0. The standard InChI is InChI=1S/C13H26N2O2/c1-4-11-5-13(17)15(8-11)9-12(16)7-14-6-10(2)3/h10-12,14,16H,4-9H2,1-3H3. The molecule has 0 radical (unpaired) electrons. The first kappa shape index (κ1) is 14.5. The van der Waals surface area contributed by atoms with Gasteiger partial charge in [0, 0.05) is 26.1 Å². The average molecular weight is 242 g/mol. The highest BCUT2D eigenvalue weighted by molar-refractivity contribution is 5.78. The second-order valence-electron chi connectivity index (χ2n) is 5.48. The monoisotopic (exact) mass is 242 g/mol. The normalized spacial score (nSPS) is 22.5. The van der Waals surface area contributed by atoms with Crippen molar-refractivity contribution in [2.45, 2.75) is 39.7 Å². The molecule has 0 aromatic heterocycles. The highest BCUT2D eigenvalue weighted by Crippen LogP contribution is 2.20. The Morgan fingerprint density at radius 3 is 2.71 bits per heavy atom. The number of carbonyl (C=O) groups excluding carboxylic acids is 1. The summed E-state index contributed by atoms with van der Waals surface area (Å²) in [7, 11) is 0. The number of nitrogens with one attached hydrogen (secondary N) is 1. The molecule has 1 amide bonds. The fourth-order valence-corrected chi connectivity index (χ4v) is 2.16. The van der Waals surface area contributed by atoms with Gasteiger partial charge in [0.25, 0.3) is 0 Å². The summed E-state index contributed by atoms with van der Waals surface area (Å²) >= 11 is 0. The van der Waals surface area contributed by atoms with Gasteiger partial charge in [-0.1, -0.05) is 27.2 Å². The molecule has 1 fully saturated rings. The summed E-state index contributed by atoms with van der Waals surface area (Å²) in [6.45, 7) is 9.14. The van der Waals surface area contributed by atoms with Crippen LogP contribution in [0.2, 0.25) is 0 Å². The Hall–Kier alpha value is -0.610. The summed E-state index contributed by atoms with van der Waals surface area (Å²) in [6, 6.07) is 0. The Balaban J connectivity index is 2.22. The van der Waals surface area contributed by atoms with E-state index in [2.05, 4.69) is 26.1 Å². The Bertz CT molecular complexity index is 244. The van der Waals surface area contributed by atoms with Crippen LogP contribution in [0, 0.1) is 11.8 Å². The van der Waals surface area contributed by atoms with Crippen molar-refractivity contribution in [3.63, 3.8) is 0 Å². The highest BCUT2D eigenvalue weighted by Gasteiger charge is 2.29. The van der Waals surface area contributed by atoms with Crippen LogP contribution in [0.3, 0.4) is 0 Å². The summed E-state index contributed by atoms with van der Waals surface area (Å²) in [5.74, 6) is 1.26.